The van der Waals surface area contributed by atoms with Crippen molar-refractivity contribution in [3.8, 4) is 10.4 Å². The molecule has 17 heavy (non-hydrogen) atoms. The van der Waals surface area contributed by atoms with Gasteiger partial charge in [-0.1, -0.05) is 35.9 Å². The summed E-state index contributed by atoms with van der Waals surface area (Å²) in [5.74, 6) is 0. The highest BCUT2D eigenvalue weighted by Gasteiger charge is 2.20. The van der Waals surface area contributed by atoms with Crippen LogP contribution in [0.3, 0.4) is 0 Å². The van der Waals surface area contributed by atoms with Gasteiger partial charge in [-0.15, -0.1) is 11.3 Å². The van der Waals surface area contributed by atoms with Crippen LogP contribution in [0.4, 0.5) is 0 Å². The van der Waals surface area contributed by atoms with Crippen LogP contribution >= 0.6 is 22.9 Å². The van der Waals surface area contributed by atoms with E-state index in [0.29, 0.717) is 0 Å². The molecule has 1 nitrogen and oxygen atoms in total. The third kappa shape index (κ3) is 2.71. The normalized spacial score (nSPS) is 15.1. The highest BCUT2D eigenvalue weighted by molar-refractivity contribution is 7.19. The molecule has 2 aromatic rings. The van der Waals surface area contributed by atoms with Gasteiger partial charge in [-0.05, 0) is 36.1 Å². The number of thiophene rings is 1. The average molecular weight is 264 g/mol. The fourth-order valence-electron chi connectivity index (χ4n) is 1.92. The monoisotopic (exact) mass is 263 g/mol. The molecule has 88 valence electrons. The lowest BCUT2D eigenvalue weighted by molar-refractivity contribution is 0.689. The molecule has 3 rings (SSSR count). The number of hydrogen-bond acceptors (Lipinski definition) is 2. The van der Waals surface area contributed by atoms with E-state index < -0.39 is 0 Å². The summed E-state index contributed by atoms with van der Waals surface area (Å²) in [6, 6.07) is 13.4. The Kier molecular flexibility index (Phi) is 3.19. The van der Waals surface area contributed by atoms with Gasteiger partial charge in [-0.3, -0.25) is 0 Å². The molecule has 1 heterocycles. The Balaban J connectivity index is 1.86. The predicted molar refractivity (Wildman–Crippen MR) is 74.6 cm³/mol. The fourth-order valence-corrected chi connectivity index (χ4v) is 3.02. The topological polar surface area (TPSA) is 12.0 Å². The molecule has 0 unspecified atom stereocenters. The van der Waals surface area contributed by atoms with E-state index in [4.69, 9.17) is 11.6 Å². The Bertz CT molecular complexity index is 516. The van der Waals surface area contributed by atoms with E-state index in [9.17, 15) is 0 Å². The minimum absolute atomic E-state index is 0.745. The number of halogens is 1. The number of nitrogens with one attached hydrogen (secondary N) is 1. The van der Waals surface area contributed by atoms with Crippen molar-refractivity contribution in [2.75, 3.05) is 0 Å². The largest absolute Gasteiger partial charge is 0.310 e. The van der Waals surface area contributed by atoms with Gasteiger partial charge in [0.05, 0.1) is 4.34 Å². The van der Waals surface area contributed by atoms with Gasteiger partial charge in [0.2, 0.25) is 0 Å². The maximum absolute atomic E-state index is 6.00. The zero-order valence-corrected chi connectivity index (χ0v) is 11.0. The maximum atomic E-state index is 6.00. The summed E-state index contributed by atoms with van der Waals surface area (Å²) < 4.78 is 0.852. The van der Waals surface area contributed by atoms with Gasteiger partial charge >= 0.3 is 0 Å². The second-order valence-electron chi connectivity index (χ2n) is 4.42. The van der Waals surface area contributed by atoms with Crippen molar-refractivity contribution in [1.29, 1.82) is 0 Å². The van der Waals surface area contributed by atoms with Crippen LogP contribution in [0.5, 0.6) is 0 Å². The van der Waals surface area contributed by atoms with Gasteiger partial charge < -0.3 is 5.32 Å². The number of benzene rings is 1. The lowest BCUT2D eigenvalue weighted by Crippen LogP contribution is -2.15. The molecule has 1 saturated carbocycles. The zero-order chi connectivity index (χ0) is 11.7. The highest BCUT2D eigenvalue weighted by atomic mass is 35.5. The summed E-state index contributed by atoms with van der Waals surface area (Å²) in [4.78, 5) is 1.25. The van der Waals surface area contributed by atoms with E-state index in [1.165, 1.54) is 28.8 Å². The Hall–Kier alpha value is -0.830. The summed E-state index contributed by atoms with van der Waals surface area (Å²) in [5, 5.41) is 3.56. The first-order chi connectivity index (χ1) is 8.33. The molecule has 0 aliphatic heterocycles. The highest BCUT2D eigenvalue weighted by Crippen LogP contribution is 2.33. The van der Waals surface area contributed by atoms with Crippen molar-refractivity contribution in [2.24, 2.45) is 0 Å². The molecule has 0 atom stereocenters. The van der Waals surface area contributed by atoms with Crippen molar-refractivity contribution < 1.29 is 0 Å². The van der Waals surface area contributed by atoms with Crippen molar-refractivity contribution >= 4 is 22.9 Å². The van der Waals surface area contributed by atoms with E-state index in [2.05, 4.69) is 35.6 Å². The van der Waals surface area contributed by atoms with Crippen LogP contribution in [0.2, 0.25) is 4.34 Å². The van der Waals surface area contributed by atoms with Crippen LogP contribution in [-0.2, 0) is 6.54 Å². The Morgan fingerprint density at radius 2 is 2.00 bits per heavy atom. The van der Waals surface area contributed by atoms with Crippen LogP contribution in [0.15, 0.2) is 36.4 Å². The minimum Gasteiger partial charge on any atom is -0.310 e. The first-order valence-corrected chi connectivity index (χ1v) is 7.09. The second-order valence-corrected chi connectivity index (χ2v) is 6.13. The molecule has 0 saturated heterocycles. The van der Waals surface area contributed by atoms with E-state index in [-0.39, 0.29) is 0 Å². The minimum atomic E-state index is 0.745. The molecule has 1 aromatic heterocycles. The molecule has 1 aliphatic rings. The summed E-state index contributed by atoms with van der Waals surface area (Å²) in [6.07, 6.45) is 2.65. The molecule has 1 fully saturated rings. The lowest BCUT2D eigenvalue weighted by Gasteiger charge is -2.08. The van der Waals surface area contributed by atoms with Crippen LogP contribution < -0.4 is 5.32 Å². The molecule has 0 bridgehead atoms. The van der Waals surface area contributed by atoms with Gasteiger partial charge in [0, 0.05) is 17.5 Å². The molecule has 0 amide bonds. The number of rotatable bonds is 4. The summed E-state index contributed by atoms with van der Waals surface area (Å²) in [6.45, 7) is 0.955. The average Bonchev–Trinajstić information content (AvgIpc) is 3.08. The van der Waals surface area contributed by atoms with Crippen LogP contribution in [0.25, 0.3) is 10.4 Å². The molecule has 0 spiro atoms. The molecule has 1 N–H and O–H groups in total. The van der Waals surface area contributed by atoms with Crippen molar-refractivity contribution in [3.05, 3.63) is 46.3 Å². The quantitative estimate of drug-likeness (QED) is 0.866. The summed E-state index contributed by atoms with van der Waals surface area (Å²) in [5.41, 5.74) is 2.66. The first-order valence-electron chi connectivity index (χ1n) is 5.90. The zero-order valence-electron chi connectivity index (χ0n) is 9.45. The van der Waals surface area contributed by atoms with E-state index in [1.807, 2.05) is 6.07 Å². The van der Waals surface area contributed by atoms with Gasteiger partial charge in [0.15, 0.2) is 0 Å². The second kappa shape index (κ2) is 4.81. The maximum Gasteiger partial charge on any atom is 0.0934 e. The molecular weight excluding hydrogens is 250 g/mol. The Morgan fingerprint density at radius 3 is 2.71 bits per heavy atom. The smallest absolute Gasteiger partial charge is 0.0934 e. The van der Waals surface area contributed by atoms with Crippen molar-refractivity contribution in [3.63, 3.8) is 0 Å². The van der Waals surface area contributed by atoms with E-state index in [0.717, 1.165) is 16.9 Å². The lowest BCUT2D eigenvalue weighted by atomic mass is 10.1. The molecule has 1 aromatic carbocycles. The summed E-state index contributed by atoms with van der Waals surface area (Å²) in [7, 11) is 0. The molecular formula is C14H14ClNS. The predicted octanol–water partition coefficient (Wildman–Crippen LogP) is 4.32. The first kappa shape index (κ1) is 11.3. The summed E-state index contributed by atoms with van der Waals surface area (Å²) >= 11 is 7.65. The molecule has 0 radical (unpaired) electrons. The number of hydrogen-bond donors (Lipinski definition) is 1. The third-order valence-electron chi connectivity index (χ3n) is 3.01. The van der Waals surface area contributed by atoms with E-state index >= 15 is 0 Å². The van der Waals surface area contributed by atoms with Crippen LogP contribution in [0.1, 0.15) is 18.4 Å². The Labute approximate surface area is 110 Å². The van der Waals surface area contributed by atoms with Gasteiger partial charge in [0.1, 0.15) is 0 Å². The van der Waals surface area contributed by atoms with Gasteiger partial charge in [-0.2, -0.15) is 0 Å². The fraction of sp³-hybridized carbons (Fsp3) is 0.286. The van der Waals surface area contributed by atoms with Crippen molar-refractivity contribution in [2.45, 2.75) is 25.4 Å². The van der Waals surface area contributed by atoms with Gasteiger partial charge in [0.25, 0.3) is 0 Å². The van der Waals surface area contributed by atoms with E-state index in [1.54, 1.807) is 11.3 Å². The third-order valence-corrected chi connectivity index (χ3v) is 4.28. The molecule has 3 heteroatoms. The van der Waals surface area contributed by atoms with Crippen molar-refractivity contribution in [1.82, 2.24) is 5.32 Å². The SMILES string of the molecule is Clc1ccc(-c2ccccc2CNC2CC2)s1. The van der Waals surface area contributed by atoms with Crippen LogP contribution in [-0.4, -0.2) is 6.04 Å². The van der Waals surface area contributed by atoms with Crippen LogP contribution in [0, 0.1) is 0 Å². The van der Waals surface area contributed by atoms with Gasteiger partial charge in [-0.25, -0.2) is 0 Å². The molecule has 1 aliphatic carbocycles. The Morgan fingerprint density at radius 1 is 1.18 bits per heavy atom. The standard InChI is InChI=1S/C14H14ClNS/c15-14-8-7-13(17-14)12-4-2-1-3-10(12)9-16-11-5-6-11/h1-4,7-8,11,16H,5-6,9H2.